The molecule has 0 saturated carbocycles. The number of amides is 1. The number of Topliss-reactive ketones (excluding diaryl/α,β-unsaturated/α-hetero) is 1. The molecule has 2 aromatic carbocycles. The molecule has 1 amide bonds. The van der Waals surface area contributed by atoms with E-state index in [2.05, 4.69) is 0 Å². The molecule has 0 aromatic heterocycles. The van der Waals surface area contributed by atoms with Gasteiger partial charge in [0, 0.05) is 12.1 Å². The highest BCUT2D eigenvalue weighted by Gasteiger charge is 2.45. The molecule has 0 unspecified atom stereocenters. The molecule has 0 spiro atoms. The lowest BCUT2D eigenvalue weighted by atomic mass is 9.95. The fourth-order valence-corrected chi connectivity index (χ4v) is 3.95. The molecule has 1 saturated heterocycles. The number of benzene rings is 2. The van der Waals surface area contributed by atoms with Crippen molar-refractivity contribution in [3.8, 4) is 11.5 Å². The van der Waals surface area contributed by atoms with Crippen LogP contribution >= 0.6 is 0 Å². The minimum atomic E-state index is -0.700. The molecule has 2 aromatic rings. The lowest BCUT2D eigenvalue weighted by molar-refractivity contribution is -0.139. The molecule has 3 rings (SSSR count). The maximum Gasteiger partial charge on any atom is 0.295 e. The second-order valence-corrected chi connectivity index (χ2v) is 8.62. The Morgan fingerprint density at radius 2 is 1.79 bits per heavy atom. The smallest absolute Gasteiger partial charge is 0.295 e. The van der Waals surface area contributed by atoms with Gasteiger partial charge in [0.05, 0.1) is 24.8 Å². The van der Waals surface area contributed by atoms with Crippen LogP contribution in [0.15, 0.2) is 54.1 Å². The molecule has 1 aliphatic rings. The summed E-state index contributed by atoms with van der Waals surface area (Å²) in [7, 11) is 5.48. The zero-order chi connectivity index (χ0) is 24.1. The summed E-state index contributed by atoms with van der Waals surface area (Å²) in [6, 6.07) is 13.4. The first-order valence-electron chi connectivity index (χ1n) is 11.1. The van der Waals surface area contributed by atoms with Gasteiger partial charge in [0.25, 0.3) is 11.7 Å². The van der Waals surface area contributed by atoms with Crippen molar-refractivity contribution in [3.05, 3.63) is 65.2 Å². The standard InChI is InChI=1S/C26H32N2O5/c1-17(2)33-20-12-10-18(11-13-20)24(29)22-23(19-8-6-9-21(16-19)32-5)28(26(31)25(22)30)15-7-14-27(3)4/h6,8-13,16-17,23,29H,7,14-15H2,1-5H3/t23-/m1/s1. The van der Waals surface area contributed by atoms with Gasteiger partial charge in [-0.05, 0) is 82.9 Å². The number of hydrogen-bond donors (Lipinski definition) is 1. The van der Waals surface area contributed by atoms with Crippen molar-refractivity contribution >= 4 is 17.4 Å². The Kier molecular flexibility index (Phi) is 7.76. The molecule has 1 atom stereocenters. The molecule has 7 nitrogen and oxygen atoms in total. The van der Waals surface area contributed by atoms with Gasteiger partial charge < -0.3 is 24.4 Å². The number of likely N-dealkylation sites (tertiary alicyclic amines) is 1. The van der Waals surface area contributed by atoms with Crippen molar-refractivity contribution in [1.82, 2.24) is 9.80 Å². The van der Waals surface area contributed by atoms with Crippen LogP contribution in [0.4, 0.5) is 0 Å². The van der Waals surface area contributed by atoms with Crippen LogP contribution in [0.2, 0.25) is 0 Å². The van der Waals surface area contributed by atoms with E-state index in [-0.39, 0.29) is 17.4 Å². The first-order chi connectivity index (χ1) is 15.7. The van der Waals surface area contributed by atoms with Gasteiger partial charge >= 0.3 is 0 Å². The number of methoxy groups -OCH3 is 1. The number of carbonyl (C=O) groups excluding carboxylic acids is 2. The SMILES string of the molecule is COc1cccc([C@@H]2C(=C(O)c3ccc(OC(C)C)cc3)C(=O)C(=O)N2CCCN(C)C)c1. The van der Waals surface area contributed by atoms with Crippen LogP contribution < -0.4 is 9.47 Å². The number of carbonyl (C=O) groups is 2. The number of aliphatic hydroxyl groups excluding tert-OH is 1. The Bertz CT molecular complexity index is 1030. The maximum atomic E-state index is 13.1. The molecule has 1 heterocycles. The molecule has 7 heteroatoms. The summed E-state index contributed by atoms with van der Waals surface area (Å²) in [5, 5.41) is 11.2. The largest absolute Gasteiger partial charge is 0.507 e. The van der Waals surface area contributed by atoms with E-state index in [1.807, 2.05) is 45.0 Å². The lowest BCUT2D eigenvalue weighted by Gasteiger charge is -2.26. The molecule has 0 radical (unpaired) electrons. The third kappa shape index (κ3) is 5.54. The molecule has 1 aliphatic heterocycles. The first-order valence-corrected chi connectivity index (χ1v) is 11.1. The van der Waals surface area contributed by atoms with Crippen molar-refractivity contribution < 1.29 is 24.2 Å². The number of ketones is 1. The highest BCUT2D eigenvalue weighted by molar-refractivity contribution is 6.46. The molecular formula is C26H32N2O5. The average Bonchev–Trinajstić information content (AvgIpc) is 3.03. The summed E-state index contributed by atoms with van der Waals surface area (Å²) >= 11 is 0. The Morgan fingerprint density at radius 3 is 2.39 bits per heavy atom. The number of hydrogen-bond acceptors (Lipinski definition) is 6. The van der Waals surface area contributed by atoms with Gasteiger partial charge in [-0.2, -0.15) is 0 Å². The van der Waals surface area contributed by atoms with E-state index >= 15 is 0 Å². The van der Waals surface area contributed by atoms with E-state index in [9.17, 15) is 14.7 Å². The second kappa shape index (κ2) is 10.5. The molecular weight excluding hydrogens is 420 g/mol. The number of rotatable bonds is 9. The molecule has 33 heavy (non-hydrogen) atoms. The molecule has 0 bridgehead atoms. The second-order valence-electron chi connectivity index (χ2n) is 8.62. The quantitative estimate of drug-likeness (QED) is 0.354. The van der Waals surface area contributed by atoms with E-state index in [4.69, 9.17) is 9.47 Å². The van der Waals surface area contributed by atoms with E-state index in [0.29, 0.717) is 35.6 Å². The van der Waals surface area contributed by atoms with Crippen LogP contribution in [0.3, 0.4) is 0 Å². The van der Waals surface area contributed by atoms with Gasteiger partial charge in [-0.1, -0.05) is 12.1 Å². The van der Waals surface area contributed by atoms with Crippen LogP contribution in [-0.4, -0.2) is 67.0 Å². The average molecular weight is 453 g/mol. The summed E-state index contributed by atoms with van der Waals surface area (Å²) in [4.78, 5) is 29.7. The maximum absolute atomic E-state index is 13.1. The third-order valence-electron chi connectivity index (χ3n) is 5.45. The summed E-state index contributed by atoms with van der Waals surface area (Å²) in [5.41, 5.74) is 1.24. The zero-order valence-corrected chi connectivity index (χ0v) is 19.9. The predicted octanol–water partition coefficient (Wildman–Crippen LogP) is 3.86. The van der Waals surface area contributed by atoms with Crippen LogP contribution in [0.25, 0.3) is 5.76 Å². The highest BCUT2D eigenvalue weighted by Crippen LogP contribution is 2.40. The minimum Gasteiger partial charge on any atom is -0.507 e. The normalized spacial score (nSPS) is 17.8. The first kappa shape index (κ1) is 24.3. The van der Waals surface area contributed by atoms with E-state index in [1.54, 1.807) is 48.4 Å². The lowest BCUT2D eigenvalue weighted by Crippen LogP contribution is -2.32. The van der Waals surface area contributed by atoms with E-state index in [0.717, 1.165) is 6.54 Å². The Morgan fingerprint density at radius 1 is 1.09 bits per heavy atom. The Balaban J connectivity index is 2.05. The number of ether oxygens (including phenoxy) is 2. The Hall–Kier alpha value is -3.32. The van der Waals surface area contributed by atoms with Gasteiger partial charge in [-0.25, -0.2) is 0 Å². The van der Waals surface area contributed by atoms with Crippen LogP contribution in [-0.2, 0) is 9.59 Å². The van der Waals surface area contributed by atoms with Gasteiger partial charge in [-0.3, -0.25) is 9.59 Å². The van der Waals surface area contributed by atoms with Gasteiger partial charge in [0.15, 0.2) is 0 Å². The van der Waals surface area contributed by atoms with Gasteiger partial charge in [0.1, 0.15) is 17.3 Å². The summed E-state index contributed by atoms with van der Waals surface area (Å²) in [6.45, 7) is 5.02. The summed E-state index contributed by atoms with van der Waals surface area (Å²) in [5.74, 6) is -0.223. The van der Waals surface area contributed by atoms with E-state index in [1.165, 1.54) is 0 Å². The van der Waals surface area contributed by atoms with E-state index < -0.39 is 17.7 Å². The monoisotopic (exact) mass is 452 g/mol. The fourth-order valence-electron chi connectivity index (χ4n) is 3.95. The van der Waals surface area contributed by atoms with Crippen molar-refractivity contribution in [1.29, 1.82) is 0 Å². The topological polar surface area (TPSA) is 79.3 Å². The predicted molar refractivity (Wildman–Crippen MR) is 127 cm³/mol. The van der Waals surface area contributed by atoms with Crippen molar-refractivity contribution in [2.75, 3.05) is 34.3 Å². The fraction of sp³-hybridized carbons (Fsp3) is 0.385. The number of nitrogens with zero attached hydrogens (tertiary/aromatic N) is 2. The summed E-state index contributed by atoms with van der Waals surface area (Å²) < 4.78 is 11.0. The van der Waals surface area contributed by atoms with Crippen molar-refractivity contribution in [2.24, 2.45) is 0 Å². The van der Waals surface area contributed by atoms with Gasteiger partial charge in [-0.15, -0.1) is 0 Å². The van der Waals surface area contributed by atoms with Crippen LogP contribution in [0.1, 0.15) is 37.4 Å². The van der Waals surface area contributed by atoms with Crippen LogP contribution in [0.5, 0.6) is 11.5 Å². The highest BCUT2D eigenvalue weighted by atomic mass is 16.5. The zero-order valence-electron chi connectivity index (χ0n) is 19.9. The summed E-state index contributed by atoms with van der Waals surface area (Å²) in [6.07, 6.45) is 0.715. The number of aliphatic hydroxyl groups is 1. The molecule has 0 aliphatic carbocycles. The molecule has 1 fully saturated rings. The van der Waals surface area contributed by atoms with Crippen molar-refractivity contribution in [3.63, 3.8) is 0 Å². The van der Waals surface area contributed by atoms with Crippen LogP contribution in [0, 0.1) is 0 Å². The third-order valence-corrected chi connectivity index (χ3v) is 5.45. The van der Waals surface area contributed by atoms with Crippen molar-refractivity contribution in [2.45, 2.75) is 32.4 Å². The Labute approximate surface area is 195 Å². The molecule has 1 N–H and O–H groups in total. The van der Waals surface area contributed by atoms with Gasteiger partial charge in [0.2, 0.25) is 0 Å². The minimum absolute atomic E-state index is 0.0185. The molecule has 176 valence electrons.